The van der Waals surface area contributed by atoms with Crippen molar-refractivity contribution in [2.24, 2.45) is 11.3 Å². The van der Waals surface area contributed by atoms with Crippen molar-refractivity contribution in [2.75, 3.05) is 20.8 Å². The van der Waals surface area contributed by atoms with Crippen LogP contribution in [0.3, 0.4) is 0 Å². The summed E-state index contributed by atoms with van der Waals surface area (Å²) in [6.45, 7) is 2.92. The van der Waals surface area contributed by atoms with E-state index in [1.165, 1.54) is 7.11 Å². The Kier molecular flexibility index (Phi) is 6.08. The predicted octanol–water partition coefficient (Wildman–Crippen LogP) is 5.15. The van der Waals surface area contributed by atoms with Crippen LogP contribution in [0.1, 0.15) is 44.6 Å². The van der Waals surface area contributed by atoms with E-state index in [-0.39, 0.29) is 23.3 Å². The maximum atomic E-state index is 12.8. The van der Waals surface area contributed by atoms with Crippen molar-refractivity contribution < 1.29 is 23.5 Å². The Balaban J connectivity index is 1.39. The summed E-state index contributed by atoms with van der Waals surface area (Å²) in [5.41, 5.74) is 1.68. The highest BCUT2D eigenvalue weighted by molar-refractivity contribution is 5.89. The number of hydrogen-bond acceptors (Lipinski definition) is 5. The van der Waals surface area contributed by atoms with Gasteiger partial charge in [-0.25, -0.2) is 4.79 Å². The third-order valence-electron chi connectivity index (χ3n) is 7.12. The number of carbonyl (C=O) groups is 2. The lowest BCUT2D eigenvalue weighted by Gasteiger charge is -2.53. The van der Waals surface area contributed by atoms with Gasteiger partial charge in [0.2, 0.25) is 0 Å². The van der Waals surface area contributed by atoms with Crippen LogP contribution in [0.4, 0.5) is 4.79 Å². The molecule has 2 bridgehead atoms. The Morgan fingerprint density at radius 2 is 2.10 bits per heavy atom. The number of nitrogens with zero attached hydrogens (tertiary/aromatic N) is 1. The van der Waals surface area contributed by atoms with E-state index >= 15 is 0 Å². The summed E-state index contributed by atoms with van der Waals surface area (Å²) < 4.78 is 15.9. The molecular formula is C25H31NO5. The molecule has 0 N–H and O–H groups in total. The lowest BCUT2D eigenvalue weighted by Crippen LogP contribution is -2.58. The molecule has 1 aliphatic carbocycles. The molecule has 31 heavy (non-hydrogen) atoms. The molecule has 0 spiro atoms. The van der Waals surface area contributed by atoms with Gasteiger partial charge in [-0.3, -0.25) is 4.79 Å². The van der Waals surface area contributed by atoms with Crippen molar-refractivity contribution in [3.05, 3.63) is 42.2 Å². The van der Waals surface area contributed by atoms with Crippen LogP contribution >= 0.6 is 0 Å². The summed E-state index contributed by atoms with van der Waals surface area (Å²) in [6.07, 6.45) is 10.5. The highest BCUT2D eigenvalue weighted by atomic mass is 16.5. The van der Waals surface area contributed by atoms with E-state index in [0.29, 0.717) is 18.8 Å². The number of hydrogen-bond donors (Lipinski definition) is 0. The van der Waals surface area contributed by atoms with Crippen molar-refractivity contribution in [3.63, 3.8) is 0 Å². The molecule has 1 aromatic carbocycles. The van der Waals surface area contributed by atoms with Gasteiger partial charge in [0.1, 0.15) is 17.1 Å². The van der Waals surface area contributed by atoms with E-state index in [1.54, 1.807) is 13.4 Å². The van der Waals surface area contributed by atoms with E-state index in [4.69, 9.17) is 13.9 Å². The number of piperidine rings is 1. The first-order valence-corrected chi connectivity index (χ1v) is 11.1. The summed E-state index contributed by atoms with van der Waals surface area (Å²) in [5, 5.41) is 0.932. The predicted molar refractivity (Wildman–Crippen MR) is 118 cm³/mol. The molecule has 1 fully saturated rings. The molecule has 1 aromatic heterocycles. The van der Waals surface area contributed by atoms with Crippen molar-refractivity contribution in [1.29, 1.82) is 0 Å². The molecule has 1 amide bonds. The normalized spacial score (nSPS) is 24.5. The Bertz CT molecular complexity index is 993. The Morgan fingerprint density at radius 3 is 2.81 bits per heavy atom. The molecule has 2 aromatic rings. The minimum Gasteiger partial charge on any atom is -0.497 e. The zero-order valence-electron chi connectivity index (χ0n) is 18.6. The first-order chi connectivity index (χ1) is 15.0. The summed E-state index contributed by atoms with van der Waals surface area (Å²) in [7, 11) is 3.07. The van der Waals surface area contributed by atoms with Crippen LogP contribution in [-0.4, -0.2) is 43.6 Å². The Hall–Kier alpha value is -2.76. The van der Waals surface area contributed by atoms with Gasteiger partial charge in [0.05, 0.1) is 26.5 Å². The van der Waals surface area contributed by atoms with E-state index in [1.807, 2.05) is 23.1 Å². The largest absolute Gasteiger partial charge is 0.497 e. The molecule has 1 saturated heterocycles. The van der Waals surface area contributed by atoms with Gasteiger partial charge < -0.3 is 18.8 Å². The van der Waals surface area contributed by atoms with E-state index in [9.17, 15) is 9.59 Å². The standard InChI is InChI=1S/C25H31NO5/c1-4-25(14-17-7-10-23(25)26(15-17)24(28)30-3)11-5-6-19(27)12-18-16-31-22-9-8-20(29-2)13-21(18)22/h7-10,13,16-17,23H,4-6,11-12,14-15H2,1-3H3. The van der Waals surface area contributed by atoms with Crippen LogP contribution < -0.4 is 4.74 Å². The number of ether oxygens (including phenoxy) is 2. The number of carbonyl (C=O) groups excluding carboxylic acids is 2. The average molecular weight is 426 g/mol. The molecule has 6 heteroatoms. The molecule has 3 atom stereocenters. The second-order valence-corrected chi connectivity index (χ2v) is 8.82. The molecule has 6 nitrogen and oxygen atoms in total. The third kappa shape index (κ3) is 4.08. The number of furan rings is 1. The first-order valence-electron chi connectivity index (χ1n) is 11.1. The minimum atomic E-state index is -0.254. The van der Waals surface area contributed by atoms with Crippen molar-refractivity contribution in [1.82, 2.24) is 4.90 Å². The number of amides is 1. The van der Waals surface area contributed by atoms with Crippen LogP contribution in [0.2, 0.25) is 0 Å². The van der Waals surface area contributed by atoms with E-state index < -0.39 is 0 Å². The first kappa shape index (κ1) is 21.5. The van der Waals surface area contributed by atoms with Crippen LogP contribution in [-0.2, 0) is 16.0 Å². The smallest absolute Gasteiger partial charge is 0.410 e. The highest BCUT2D eigenvalue weighted by Crippen LogP contribution is 2.49. The second-order valence-electron chi connectivity index (χ2n) is 8.82. The van der Waals surface area contributed by atoms with Gasteiger partial charge in [0, 0.05) is 30.3 Å². The number of methoxy groups -OCH3 is 2. The van der Waals surface area contributed by atoms with Crippen molar-refractivity contribution in [3.8, 4) is 5.75 Å². The number of Topliss-reactive ketones (excluding diaryl/α,β-unsaturated/α-hetero) is 1. The zero-order chi connectivity index (χ0) is 22.0. The topological polar surface area (TPSA) is 69.0 Å². The molecule has 0 radical (unpaired) electrons. The van der Waals surface area contributed by atoms with Gasteiger partial charge in [-0.2, -0.15) is 0 Å². The number of benzene rings is 1. The summed E-state index contributed by atoms with van der Waals surface area (Å²) >= 11 is 0. The van der Waals surface area contributed by atoms with Crippen LogP contribution in [0, 0.1) is 11.3 Å². The number of rotatable bonds is 8. The lowest BCUT2D eigenvalue weighted by molar-refractivity contribution is -0.118. The lowest BCUT2D eigenvalue weighted by atomic mass is 9.62. The molecule has 166 valence electrons. The molecular weight excluding hydrogens is 394 g/mol. The SMILES string of the molecule is CCC1(CCCC(=O)Cc2coc3ccc(OC)cc23)CC2C=CC1N(C(=O)OC)C2. The van der Waals surface area contributed by atoms with Gasteiger partial charge in [0.15, 0.2) is 0 Å². The number of fused-ring (bicyclic) bond motifs is 3. The fourth-order valence-corrected chi connectivity index (χ4v) is 5.45. The second kappa shape index (κ2) is 8.77. The van der Waals surface area contributed by atoms with E-state index in [0.717, 1.165) is 54.5 Å². The summed E-state index contributed by atoms with van der Waals surface area (Å²) in [5.74, 6) is 1.33. The maximum Gasteiger partial charge on any atom is 0.410 e. The summed E-state index contributed by atoms with van der Waals surface area (Å²) in [6, 6.07) is 5.69. The van der Waals surface area contributed by atoms with Gasteiger partial charge in [-0.1, -0.05) is 19.1 Å². The monoisotopic (exact) mass is 425 g/mol. The molecule has 3 unspecified atom stereocenters. The fourth-order valence-electron chi connectivity index (χ4n) is 5.45. The quantitative estimate of drug-likeness (QED) is 0.547. The minimum absolute atomic E-state index is 0.0157. The molecule has 3 aliphatic rings. The average Bonchev–Trinajstić information content (AvgIpc) is 3.20. The van der Waals surface area contributed by atoms with Crippen LogP contribution in [0.15, 0.2) is 41.0 Å². The van der Waals surface area contributed by atoms with Gasteiger partial charge in [-0.05, 0) is 55.2 Å². The van der Waals surface area contributed by atoms with E-state index in [2.05, 4.69) is 19.1 Å². The van der Waals surface area contributed by atoms with Gasteiger partial charge in [-0.15, -0.1) is 0 Å². The van der Waals surface area contributed by atoms with Crippen molar-refractivity contribution in [2.45, 2.75) is 51.5 Å². The maximum absolute atomic E-state index is 12.8. The van der Waals surface area contributed by atoms with Crippen LogP contribution in [0.25, 0.3) is 11.0 Å². The van der Waals surface area contributed by atoms with Crippen molar-refractivity contribution >= 4 is 22.8 Å². The highest BCUT2D eigenvalue weighted by Gasteiger charge is 2.49. The Morgan fingerprint density at radius 1 is 1.26 bits per heavy atom. The van der Waals surface area contributed by atoms with Gasteiger partial charge >= 0.3 is 6.09 Å². The molecule has 0 saturated carbocycles. The number of ketones is 1. The molecule has 5 rings (SSSR count). The zero-order valence-corrected chi connectivity index (χ0v) is 18.6. The Labute approximate surface area is 183 Å². The molecule has 3 heterocycles. The molecule has 2 aliphatic heterocycles. The third-order valence-corrected chi connectivity index (χ3v) is 7.12. The van der Waals surface area contributed by atoms with Crippen LogP contribution in [0.5, 0.6) is 5.75 Å². The fraction of sp³-hybridized carbons (Fsp3) is 0.520. The van der Waals surface area contributed by atoms with Gasteiger partial charge in [0.25, 0.3) is 0 Å². The summed E-state index contributed by atoms with van der Waals surface area (Å²) in [4.78, 5) is 26.9.